The van der Waals surface area contributed by atoms with Crippen LogP contribution >= 0.6 is 0 Å². The first kappa shape index (κ1) is 22.4. The lowest BCUT2D eigenvalue weighted by Crippen LogP contribution is -2.40. The molecule has 0 radical (unpaired) electrons. The fourth-order valence-electron chi connectivity index (χ4n) is 4.65. The number of aryl methyl sites for hydroxylation is 1. The summed E-state index contributed by atoms with van der Waals surface area (Å²) in [5.41, 5.74) is 10.8. The van der Waals surface area contributed by atoms with Crippen LogP contribution < -0.4 is 11.1 Å². The minimum atomic E-state index is -0.923. The van der Waals surface area contributed by atoms with E-state index in [1.165, 1.54) is 4.90 Å². The largest absolute Gasteiger partial charge is 0.465 e. The molecule has 0 saturated carbocycles. The molecule has 178 valence electrons. The predicted molar refractivity (Wildman–Crippen MR) is 134 cm³/mol. The number of anilines is 2. The molecule has 1 aliphatic heterocycles. The molecule has 2 amide bonds. The summed E-state index contributed by atoms with van der Waals surface area (Å²) in [4.78, 5) is 30.0. The first-order chi connectivity index (χ1) is 16.9. The van der Waals surface area contributed by atoms with Crippen molar-refractivity contribution in [3.63, 3.8) is 0 Å². The lowest BCUT2D eigenvalue weighted by Gasteiger charge is -2.31. The number of hydrogen-bond acceptors (Lipinski definition) is 5. The smallest absolute Gasteiger partial charge is 0.407 e. The van der Waals surface area contributed by atoms with E-state index < -0.39 is 6.09 Å². The summed E-state index contributed by atoms with van der Waals surface area (Å²) in [7, 11) is 0. The van der Waals surface area contributed by atoms with Gasteiger partial charge in [0.25, 0.3) is 5.91 Å². The average molecular weight is 471 g/mol. The minimum absolute atomic E-state index is 0.104. The number of hydrogen-bond donors (Lipinski definition) is 3. The molecule has 5 rings (SSSR count). The van der Waals surface area contributed by atoms with Gasteiger partial charge in [-0.15, -0.1) is 0 Å². The molecule has 1 unspecified atom stereocenters. The van der Waals surface area contributed by atoms with Crippen LogP contribution in [0, 0.1) is 6.92 Å². The highest BCUT2D eigenvalue weighted by Crippen LogP contribution is 2.36. The Morgan fingerprint density at radius 2 is 1.86 bits per heavy atom. The number of carboxylic acid groups (broad SMARTS) is 1. The number of piperidine rings is 1. The summed E-state index contributed by atoms with van der Waals surface area (Å²) in [5.74, 6) is 0.162. The van der Waals surface area contributed by atoms with E-state index in [1.54, 1.807) is 18.3 Å². The van der Waals surface area contributed by atoms with Crippen molar-refractivity contribution in [1.29, 1.82) is 0 Å². The Bertz CT molecular complexity index is 1400. The van der Waals surface area contributed by atoms with Crippen molar-refractivity contribution in [2.75, 3.05) is 24.1 Å². The zero-order valence-electron chi connectivity index (χ0n) is 19.3. The van der Waals surface area contributed by atoms with E-state index in [-0.39, 0.29) is 11.9 Å². The zero-order valence-corrected chi connectivity index (χ0v) is 19.3. The summed E-state index contributed by atoms with van der Waals surface area (Å²) in [6.45, 7) is 2.84. The van der Waals surface area contributed by atoms with E-state index >= 15 is 0 Å². The van der Waals surface area contributed by atoms with Crippen molar-refractivity contribution in [3.05, 3.63) is 71.9 Å². The van der Waals surface area contributed by atoms with Crippen molar-refractivity contribution >= 4 is 34.4 Å². The Hall–Kier alpha value is -4.40. The average Bonchev–Trinajstić information content (AvgIpc) is 3.29. The molecule has 9 heteroatoms. The number of aromatic nitrogens is 3. The van der Waals surface area contributed by atoms with Crippen molar-refractivity contribution in [1.82, 2.24) is 19.7 Å². The van der Waals surface area contributed by atoms with Crippen LogP contribution in [-0.2, 0) is 0 Å². The van der Waals surface area contributed by atoms with Crippen molar-refractivity contribution in [3.8, 4) is 11.3 Å². The standard InChI is InChI=1S/C26H26N6O3/c1-16-14-28-24(27)21-22(30-32(23(16)21)20-8-5-13-31(15-20)26(34)35)17-9-11-18(12-10-17)25(33)29-19-6-3-2-4-7-19/h2-4,6-7,9-12,14,20H,5,8,13,15H2,1H3,(H2,27,28)(H,29,33)(H,34,35). The van der Waals surface area contributed by atoms with E-state index in [4.69, 9.17) is 10.8 Å². The third-order valence-corrected chi connectivity index (χ3v) is 6.40. The third kappa shape index (κ3) is 4.28. The molecule has 0 spiro atoms. The van der Waals surface area contributed by atoms with E-state index in [0.717, 1.165) is 40.6 Å². The number of fused-ring (bicyclic) bond motifs is 1. The molecule has 9 nitrogen and oxygen atoms in total. The van der Waals surface area contributed by atoms with Gasteiger partial charge in [0.15, 0.2) is 0 Å². The molecule has 4 N–H and O–H groups in total. The summed E-state index contributed by atoms with van der Waals surface area (Å²) >= 11 is 0. The third-order valence-electron chi connectivity index (χ3n) is 6.40. The van der Waals surface area contributed by atoms with Gasteiger partial charge in [0.1, 0.15) is 11.5 Å². The molecule has 35 heavy (non-hydrogen) atoms. The van der Waals surface area contributed by atoms with Gasteiger partial charge in [-0.1, -0.05) is 30.3 Å². The second-order valence-corrected chi connectivity index (χ2v) is 8.77. The number of nitrogens with one attached hydrogen (secondary N) is 1. The lowest BCUT2D eigenvalue weighted by molar-refractivity contribution is 0.102. The maximum Gasteiger partial charge on any atom is 0.407 e. The molecule has 4 aromatic rings. The van der Waals surface area contributed by atoms with E-state index in [1.807, 2.05) is 54.1 Å². The van der Waals surface area contributed by atoms with Gasteiger partial charge in [-0.2, -0.15) is 5.10 Å². The van der Waals surface area contributed by atoms with Crippen LogP contribution in [0.3, 0.4) is 0 Å². The number of nitrogens with zero attached hydrogens (tertiary/aromatic N) is 4. The van der Waals surface area contributed by atoms with Crippen LogP contribution in [0.25, 0.3) is 22.2 Å². The summed E-state index contributed by atoms with van der Waals surface area (Å²) in [5, 5.41) is 18.0. The maximum absolute atomic E-state index is 12.7. The molecule has 3 heterocycles. The Kier molecular flexibility index (Phi) is 5.82. The normalized spacial score (nSPS) is 15.8. The van der Waals surface area contributed by atoms with Gasteiger partial charge in [0.05, 0.1) is 16.9 Å². The number of amides is 2. The number of nitrogen functional groups attached to an aromatic ring is 1. The first-order valence-electron chi connectivity index (χ1n) is 11.5. The monoisotopic (exact) mass is 470 g/mol. The van der Waals surface area contributed by atoms with Gasteiger partial charge >= 0.3 is 6.09 Å². The number of para-hydroxylation sites is 1. The number of rotatable bonds is 4. The molecule has 0 bridgehead atoms. The van der Waals surface area contributed by atoms with Crippen LogP contribution in [0.2, 0.25) is 0 Å². The summed E-state index contributed by atoms with van der Waals surface area (Å²) in [6.07, 6.45) is 2.38. The van der Waals surface area contributed by atoms with Gasteiger partial charge in [-0.25, -0.2) is 9.78 Å². The Morgan fingerprint density at radius 1 is 1.11 bits per heavy atom. The quantitative estimate of drug-likeness (QED) is 0.401. The first-order valence-corrected chi connectivity index (χ1v) is 11.5. The van der Waals surface area contributed by atoms with Crippen molar-refractivity contribution in [2.24, 2.45) is 0 Å². The van der Waals surface area contributed by atoms with Crippen LogP contribution in [0.4, 0.5) is 16.3 Å². The topological polar surface area (TPSA) is 126 Å². The number of benzene rings is 2. The molecule has 0 aliphatic carbocycles. The van der Waals surface area contributed by atoms with Crippen LogP contribution in [0.1, 0.15) is 34.8 Å². The second-order valence-electron chi connectivity index (χ2n) is 8.77. The molecule has 1 fully saturated rings. The molecule has 1 saturated heterocycles. The lowest BCUT2D eigenvalue weighted by atomic mass is 10.0. The number of nitrogens with two attached hydrogens (primary N) is 1. The zero-order chi connectivity index (χ0) is 24.5. The van der Waals surface area contributed by atoms with Gasteiger partial charge in [-0.05, 0) is 49.6 Å². The number of likely N-dealkylation sites (tertiary alicyclic amines) is 1. The Labute approximate surface area is 202 Å². The molecular weight excluding hydrogens is 444 g/mol. The van der Waals surface area contributed by atoms with Gasteiger partial charge in [-0.3, -0.25) is 9.48 Å². The van der Waals surface area contributed by atoms with Crippen molar-refractivity contribution in [2.45, 2.75) is 25.8 Å². The second kappa shape index (κ2) is 9.09. The Morgan fingerprint density at radius 3 is 2.57 bits per heavy atom. The number of pyridine rings is 1. The van der Waals surface area contributed by atoms with E-state index in [9.17, 15) is 14.7 Å². The predicted octanol–water partition coefficient (Wildman–Crippen LogP) is 4.56. The van der Waals surface area contributed by atoms with Gasteiger partial charge in [0.2, 0.25) is 0 Å². The fraction of sp³-hybridized carbons (Fsp3) is 0.231. The minimum Gasteiger partial charge on any atom is -0.465 e. The highest BCUT2D eigenvalue weighted by molar-refractivity contribution is 6.05. The molecule has 2 aromatic carbocycles. The maximum atomic E-state index is 12.7. The molecule has 2 aromatic heterocycles. The van der Waals surface area contributed by atoms with Crippen LogP contribution in [0.5, 0.6) is 0 Å². The van der Waals surface area contributed by atoms with Crippen LogP contribution in [0.15, 0.2) is 60.8 Å². The number of carbonyl (C=O) groups is 2. The highest BCUT2D eigenvalue weighted by atomic mass is 16.4. The number of carbonyl (C=O) groups excluding carboxylic acids is 1. The fourth-order valence-corrected chi connectivity index (χ4v) is 4.65. The van der Waals surface area contributed by atoms with Crippen LogP contribution in [-0.4, -0.2) is 49.9 Å². The Balaban J connectivity index is 1.51. The molecular formula is C26H26N6O3. The SMILES string of the molecule is Cc1cnc(N)c2c(-c3ccc(C(=O)Nc4ccccc4)cc3)nn(C3CCCN(C(=O)O)C3)c12. The highest BCUT2D eigenvalue weighted by Gasteiger charge is 2.28. The molecule has 1 aliphatic rings. The summed E-state index contributed by atoms with van der Waals surface area (Å²) in [6, 6.07) is 16.4. The van der Waals surface area contributed by atoms with Gasteiger partial charge in [0, 0.05) is 36.1 Å². The van der Waals surface area contributed by atoms with Gasteiger partial charge < -0.3 is 21.1 Å². The van der Waals surface area contributed by atoms with E-state index in [2.05, 4.69) is 10.3 Å². The molecule has 1 atom stereocenters. The van der Waals surface area contributed by atoms with Crippen molar-refractivity contribution < 1.29 is 14.7 Å². The summed E-state index contributed by atoms with van der Waals surface area (Å²) < 4.78 is 1.91. The van der Waals surface area contributed by atoms with E-state index in [0.29, 0.717) is 30.2 Å².